The molecule has 1 aliphatic carbocycles. The molecular weight excluding hydrogens is 300 g/mol. The predicted octanol–water partition coefficient (Wildman–Crippen LogP) is 1.82. The van der Waals surface area contributed by atoms with Crippen molar-refractivity contribution in [3.8, 4) is 0 Å². The molecule has 0 radical (unpaired) electrons. The normalized spacial score (nSPS) is 17.4. The highest BCUT2D eigenvalue weighted by Gasteiger charge is 2.37. The molecule has 1 amide bonds. The number of hydrogen-bond donors (Lipinski definition) is 2. The van der Waals surface area contributed by atoms with E-state index in [0.29, 0.717) is 0 Å². The second kappa shape index (κ2) is 6.79. The average Bonchev–Trinajstić information content (AvgIpc) is 2.95. The summed E-state index contributed by atoms with van der Waals surface area (Å²) in [6.07, 6.45) is 3.91. The Morgan fingerprint density at radius 3 is 2.55 bits per heavy atom. The fourth-order valence-corrected chi connectivity index (χ4v) is 3.55. The zero-order valence-electron chi connectivity index (χ0n) is 13.2. The van der Waals surface area contributed by atoms with Crippen LogP contribution in [0.1, 0.15) is 43.7 Å². The molecule has 1 aliphatic rings. The lowest BCUT2D eigenvalue weighted by molar-refractivity contribution is -0.122. The smallest absolute Gasteiger partial charge is 0.235 e. The summed E-state index contributed by atoms with van der Waals surface area (Å²) in [6.45, 7) is 3.37. The molecule has 6 heteroatoms. The number of amides is 1. The van der Waals surface area contributed by atoms with Gasteiger partial charge in [-0.1, -0.05) is 42.7 Å². The Morgan fingerprint density at radius 1 is 1.27 bits per heavy atom. The fourth-order valence-electron chi connectivity index (χ4n) is 3.00. The third-order valence-electron chi connectivity index (χ3n) is 4.24. The van der Waals surface area contributed by atoms with Crippen molar-refractivity contribution in [2.45, 2.75) is 45.1 Å². The molecule has 22 heavy (non-hydrogen) atoms. The minimum Gasteiger partial charge on any atom is -0.345 e. The lowest BCUT2D eigenvalue weighted by Gasteiger charge is -2.31. The molecule has 2 N–H and O–H groups in total. The number of carbonyl (C=O) groups excluding carboxylic acids is 1. The highest BCUT2D eigenvalue weighted by molar-refractivity contribution is 7.89. The van der Waals surface area contributed by atoms with Gasteiger partial charge in [0.1, 0.15) is 0 Å². The van der Waals surface area contributed by atoms with Crippen molar-refractivity contribution in [3.63, 3.8) is 0 Å². The van der Waals surface area contributed by atoms with Crippen LogP contribution in [-0.2, 0) is 20.4 Å². The summed E-state index contributed by atoms with van der Waals surface area (Å²) in [7, 11) is -3.35. The third kappa shape index (κ3) is 4.08. The van der Waals surface area contributed by atoms with E-state index < -0.39 is 10.0 Å². The summed E-state index contributed by atoms with van der Waals surface area (Å²) >= 11 is 0. The first-order valence-electron chi connectivity index (χ1n) is 7.72. The van der Waals surface area contributed by atoms with Crippen LogP contribution < -0.4 is 10.0 Å². The van der Waals surface area contributed by atoms with E-state index in [9.17, 15) is 13.2 Å². The monoisotopic (exact) mass is 324 g/mol. The summed E-state index contributed by atoms with van der Waals surface area (Å²) in [6, 6.07) is 8.16. The number of sulfonamides is 1. The standard InChI is InChI=1S/C16H24N2O3S/c1-3-22(20,21)17-12-15(19)18-16(9-4-5-10-16)14-8-6-7-13(2)11-14/h6-8,11,17H,3-5,9-10,12H2,1-2H3,(H,18,19). The Hall–Kier alpha value is -1.40. The van der Waals surface area contributed by atoms with Gasteiger partial charge in [0.05, 0.1) is 17.8 Å². The van der Waals surface area contributed by atoms with Crippen LogP contribution in [0.15, 0.2) is 24.3 Å². The Balaban J connectivity index is 2.11. The van der Waals surface area contributed by atoms with Crippen molar-refractivity contribution in [1.29, 1.82) is 0 Å². The van der Waals surface area contributed by atoms with Crippen molar-refractivity contribution in [2.24, 2.45) is 0 Å². The maximum atomic E-state index is 12.2. The first kappa shape index (κ1) is 17.0. The molecule has 0 atom stereocenters. The Labute approximate surface area is 132 Å². The summed E-state index contributed by atoms with van der Waals surface area (Å²) < 4.78 is 25.2. The van der Waals surface area contributed by atoms with Crippen molar-refractivity contribution in [2.75, 3.05) is 12.3 Å². The molecule has 0 spiro atoms. The molecule has 2 rings (SSSR count). The molecule has 1 fully saturated rings. The molecule has 1 aromatic carbocycles. The number of benzene rings is 1. The fraction of sp³-hybridized carbons (Fsp3) is 0.562. The minimum atomic E-state index is -3.35. The lowest BCUT2D eigenvalue weighted by atomic mass is 9.87. The topological polar surface area (TPSA) is 75.3 Å². The third-order valence-corrected chi connectivity index (χ3v) is 5.58. The van der Waals surface area contributed by atoms with E-state index in [1.165, 1.54) is 0 Å². The first-order valence-corrected chi connectivity index (χ1v) is 9.38. The van der Waals surface area contributed by atoms with Crippen LogP contribution in [0.2, 0.25) is 0 Å². The minimum absolute atomic E-state index is 0.0245. The molecule has 0 bridgehead atoms. The van der Waals surface area contributed by atoms with Crippen molar-refractivity contribution in [3.05, 3.63) is 35.4 Å². The highest BCUT2D eigenvalue weighted by Crippen LogP contribution is 2.38. The van der Waals surface area contributed by atoms with Crippen LogP contribution in [0.5, 0.6) is 0 Å². The van der Waals surface area contributed by atoms with E-state index in [0.717, 1.165) is 36.8 Å². The molecule has 0 aromatic heterocycles. The molecule has 0 aliphatic heterocycles. The number of aryl methyl sites for hydroxylation is 1. The van der Waals surface area contributed by atoms with Crippen molar-refractivity contribution in [1.82, 2.24) is 10.0 Å². The second-order valence-corrected chi connectivity index (χ2v) is 8.03. The molecule has 0 unspecified atom stereocenters. The van der Waals surface area contributed by atoms with Gasteiger partial charge in [0, 0.05) is 0 Å². The molecular formula is C16H24N2O3S. The van der Waals surface area contributed by atoms with Crippen LogP contribution >= 0.6 is 0 Å². The number of nitrogens with one attached hydrogen (secondary N) is 2. The SMILES string of the molecule is CCS(=O)(=O)NCC(=O)NC1(c2cccc(C)c2)CCCC1. The Kier molecular flexibility index (Phi) is 5.24. The van der Waals surface area contributed by atoms with Gasteiger partial charge in [0.15, 0.2) is 0 Å². The number of hydrogen-bond acceptors (Lipinski definition) is 3. The van der Waals surface area contributed by atoms with Gasteiger partial charge in [-0.25, -0.2) is 13.1 Å². The summed E-state index contributed by atoms with van der Waals surface area (Å²) in [4.78, 5) is 12.2. The van der Waals surface area contributed by atoms with E-state index in [1.54, 1.807) is 6.92 Å². The molecule has 0 heterocycles. The molecule has 1 saturated carbocycles. The second-order valence-electron chi connectivity index (χ2n) is 5.93. The van der Waals surface area contributed by atoms with Gasteiger partial charge in [-0.2, -0.15) is 0 Å². The van der Waals surface area contributed by atoms with Gasteiger partial charge in [0.25, 0.3) is 0 Å². The zero-order valence-corrected chi connectivity index (χ0v) is 14.0. The molecule has 5 nitrogen and oxygen atoms in total. The average molecular weight is 324 g/mol. The van der Waals surface area contributed by atoms with Crippen LogP contribution in [0, 0.1) is 6.92 Å². The highest BCUT2D eigenvalue weighted by atomic mass is 32.2. The van der Waals surface area contributed by atoms with Gasteiger partial charge in [-0.05, 0) is 32.3 Å². The lowest BCUT2D eigenvalue weighted by Crippen LogP contribution is -2.48. The first-order chi connectivity index (χ1) is 10.4. The van der Waals surface area contributed by atoms with Crippen LogP contribution in [0.4, 0.5) is 0 Å². The molecule has 122 valence electrons. The van der Waals surface area contributed by atoms with Crippen molar-refractivity contribution < 1.29 is 13.2 Å². The van der Waals surface area contributed by atoms with E-state index in [-0.39, 0.29) is 23.7 Å². The predicted molar refractivity (Wildman–Crippen MR) is 86.9 cm³/mol. The van der Waals surface area contributed by atoms with Crippen LogP contribution in [0.25, 0.3) is 0 Å². The number of rotatable bonds is 6. The van der Waals surface area contributed by atoms with Gasteiger partial charge in [-0.3, -0.25) is 4.79 Å². The molecule has 1 aromatic rings. The maximum Gasteiger partial charge on any atom is 0.235 e. The quantitative estimate of drug-likeness (QED) is 0.838. The van der Waals surface area contributed by atoms with E-state index in [4.69, 9.17) is 0 Å². The summed E-state index contributed by atoms with van der Waals surface area (Å²) in [5.74, 6) is -0.302. The van der Waals surface area contributed by atoms with E-state index in [1.807, 2.05) is 25.1 Å². The summed E-state index contributed by atoms with van der Waals surface area (Å²) in [5.41, 5.74) is 1.90. The maximum absolute atomic E-state index is 12.2. The Morgan fingerprint density at radius 2 is 1.95 bits per heavy atom. The Bertz CT molecular complexity index is 635. The van der Waals surface area contributed by atoms with Gasteiger partial charge < -0.3 is 5.32 Å². The van der Waals surface area contributed by atoms with Crippen molar-refractivity contribution >= 4 is 15.9 Å². The largest absolute Gasteiger partial charge is 0.345 e. The van der Waals surface area contributed by atoms with Crippen LogP contribution in [0.3, 0.4) is 0 Å². The molecule has 0 saturated heterocycles. The van der Waals surface area contributed by atoms with E-state index >= 15 is 0 Å². The van der Waals surface area contributed by atoms with Gasteiger partial charge in [-0.15, -0.1) is 0 Å². The van der Waals surface area contributed by atoms with E-state index in [2.05, 4.69) is 16.1 Å². The zero-order chi connectivity index (χ0) is 16.2. The van der Waals surface area contributed by atoms with Crippen LogP contribution in [-0.4, -0.2) is 26.6 Å². The number of carbonyl (C=O) groups is 1. The van der Waals surface area contributed by atoms with Gasteiger partial charge in [0.2, 0.25) is 15.9 Å². The van der Waals surface area contributed by atoms with Gasteiger partial charge >= 0.3 is 0 Å². The summed E-state index contributed by atoms with van der Waals surface area (Å²) in [5, 5.41) is 3.07.